The monoisotopic (exact) mass is 241 g/mol. The van der Waals surface area contributed by atoms with Crippen LogP contribution in [-0.2, 0) is 0 Å². The molecule has 3 N–H and O–H groups in total. The summed E-state index contributed by atoms with van der Waals surface area (Å²) < 4.78 is 27.1. The Labute approximate surface area is 99.7 Å². The lowest BCUT2D eigenvalue weighted by atomic mass is 10.1. The summed E-state index contributed by atoms with van der Waals surface area (Å²) in [4.78, 5) is 4.07. The fraction of sp³-hybridized carbons (Fsp3) is 0.417. The first-order chi connectivity index (χ1) is 7.70. The lowest BCUT2D eigenvalue weighted by molar-refractivity contribution is 0.577. The standard InChI is InChI=1S/C12H17F2N3/c1-7-5-6-8(13)10(9(7)14)16-11(15)17-12(2,3)4/h5-6H,1-4H3,(H3,15,16,17). The second-order valence-corrected chi connectivity index (χ2v) is 4.85. The maximum absolute atomic E-state index is 13.6. The van der Waals surface area contributed by atoms with Crippen LogP contribution in [0.1, 0.15) is 26.3 Å². The molecule has 17 heavy (non-hydrogen) atoms. The first kappa shape index (κ1) is 13.4. The summed E-state index contributed by atoms with van der Waals surface area (Å²) in [5.41, 5.74) is 5.25. The minimum absolute atomic E-state index is 0.0131. The molecule has 0 saturated carbocycles. The molecule has 0 aromatic heterocycles. The number of guanidine groups is 1. The van der Waals surface area contributed by atoms with Gasteiger partial charge in [0.2, 0.25) is 0 Å². The second kappa shape index (κ2) is 4.69. The summed E-state index contributed by atoms with van der Waals surface area (Å²) in [7, 11) is 0. The molecular formula is C12H17F2N3. The third-order valence-corrected chi connectivity index (χ3v) is 1.99. The Morgan fingerprint density at radius 1 is 1.29 bits per heavy atom. The van der Waals surface area contributed by atoms with Gasteiger partial charge in [-0.2, -0.15) is 0 Å². The van der Waals surface area contributed by atoms with Gasteiger partial charge in [-0.25, -0.2) is 13.8 Å². The van der Waals surface area contributed by atoms with Crippen molar-refractivity contribution >= 4 is 11.6 Å². The fourth-order valence-corrected chi connectivity index (χ4v) is 1.29. The normalized spacial score (nSPS) is 12.7. The van der Waals surface area contributed by atoms with Gasteiger partial charge in [0.15, 0.2) is 11.8 Å². The molecular weight excluding hydrogens is 224 g/mol. The zero-order valence-corrected chi connectivity index (χ0v) is 10.4. The molecule has 0 amide bonds. The highest BCUT2D eigenvalue weighted by atomic mass is 19.1. The van der Waals surface area contributed by atoms with E-state index in [2.05, 4.69) is 10.3 Å². The highest BCUT2D eigenvalue weighted by Crippen LogP contribution is 2.21. The van der Waals surface area contributed by atoms with Gasteiger partial charge in [-0.1, -0.05) is 6.07 Å². The molecule has 0 heterocycles. The van der Waals surface area contributed by atoms with Crippen molar-refractivity contribution in [2.24, 2.45) is 10.7 Å². The van der Waals surface area contributed by atoms with E-state index in [4.69, 9.17) is 5.73 Å². The van der Waals surface area contributed by atoms with Crippen molar-refractivity contribution in [3.8, 4) is 0 Å². The van der Waals surface area contributed by atoms with Crippen molar-refractivity contribution in [2.45, 2.75) is 33.2 Å². The van der Waals surface area contributed by atoms with E-state index in [9.17, 15) is 8.78 Å². The summed E-state index contributed by atoms with van der Waals surface area (Å²) in [6.07, 6.45) is 0. The van der Waals surface area contributed by atoms with Crippen LogP contribution in [0.5, 0.6) is 0 Å². The number of aliphatic imine (C=N–C) groups is 1. The van der Waals surface area contributed by atoms with Gasteiger partial charge < -0.3 is 11.1 Å². The van der Waals surface area contributed by atoms with Crippen molar-refractivity contribution in [1.29, 1.82) is 0 Å². The molecule has 1 aromatic rings. The van der Waals surface area contributed by atoms with Gasteiger partial charge in [0.1, 0.15) is 11.5 Å². The van der Waals surface area contributed by atoms with E-state index in [1.165, 1.54) is 12.1 Å². The molecule has 5 heteroatoms. The molecule has 0 spiro atoms. The predicted octanol–water partition coefficient (Wildman–Crippen LogP) is 2.80. The molecule has 0 aliphatic carbocycles. The van der Waals surface area contributed by atoms with E-state index in [1.54, 1.807) is 6.92 Å². The Morgan fingerprint density at radius 3 is 2.41 bits per heavy atom. The van der Waals surface area contributed by atoms with Crippen LogP contribution in [0.4, 0.5) is 14.5 Å². The zero-order chi connectivity index (χ0) is 13.2. The Morgan fingerprint density at radius 2 is 1.88 bits per heavy atom. The number of hydrogen-bond donors (Lipinski definition) is 2. The summed E-state index contributed by atoms with van der Waals surface area (Å²) in [6.45, 7) is 7.07. The molecule has 0 saturated heterocycles. The maximum Gasteiger partial charge on any atom is 0.193 e. The zero-order valence-electron chi connectivity index (χ0n) is 10.4. The average Bonchev–Trinajstić information content (AvgIpc) is 2.16. The van der Waals surface area contributed by atoms with Gasteiger partial charge in [0.05, 0.1) is 5.54 Å². The number of hydrogen-bond acceptors (Lipinski definition) is 1. The molecule has 94 valence electrons. The van der Waals surface area contributed by atoms with Crippen molar-refractivity contribution in [3.05, 3.63) is 29.3 Å². The van der Waals surface area contributed by atoms with Crippen LogP contribution in [0.2, 0.25) is 0 Å². The van der Waals surface area contributed by atoms with E-state index >= 15 is 0 Å². The van der Waals surface area contributed by atoms with Crippen LogP contribution in [-0.4, -0.2) is 11.5 Å². The topological polar surface area (TPSA) is 50.4 Å². The van der Waals surface area contributed by atoms with E-state index in [0.29, 0.717) is 5.56 Å². The molecule has 1 rings (SSSR count). The first-order valence-electron chi connectivity index (χ1n) is 5.27. The van der Waals surface area contributed by atoms with Gasteiger partial charge in [-0.15, -0.1) is 0 Å². The van der Waals surface area contributed by atoms with E-state index < -0.39 is 17.2 Å². The maximum atomic E-state index is 13.6. The van der Waals surface area contributed by atoms with Gasteiger partial charge in [-0.05, 0) is 39.3 Å². The average molecular weight is 241 g/mol. The van der Waals surface area contributed by atoms with Gasteiger partial charge in [0.25, 0.3) is 0 Å². The number of nitrogens with one attached hydrogen (secondary N) is 1. The van der Waals surface area contributed by atoms with E-state index in [-0.39, 0.29) is 11.6 Å². The number of nitrogens with two attached hydrogens (primary N) is 1. The number of aryl methyl sites for hydroxylation is 1. The number of rotatable bonds is 1. The van der Waals surface area contributed by atoms with Crippen LogP contribution in [0.25, 0.3) is 0 Å². The summed E-state index contributed by atoms with van der Waals surface area (Å²) in [6, 6.07) is 2.55. The smallest absolute Gasteiger partial charge is 0.193 e. The number of anilines is 1. The van der Waals surface area contributed by atoms with Crippen LogP contribution in [0.3, 0.4) is 0 Å². The number of nitrogens with zero attached hydrogens (tertiary/aromatic N) is 1. The molecule has 0 fully saturated rings. The highest BCUT2D eigenvalue weighted by Gasteiger charge is 2.14. The number of benzene rings is 1. The predicted molar refractivity (Wildman–Crippen MR) is 66.1 cm³/mol. The second-order valence-electron chi connectivity index (χ2n) is 4.85. The van der Waals surface area contributed by atoms with Gasteiger partial charge in [-0.3, -0.25) is 0 Å². The minimum Gasteiger partial charge on any atom is -0.370 e. The third-order valence-electron chi connectivity index (χ3n) is 1.99. The van der Waals surface area contributed by atoms with Crippen LogP contribution >= 0.6 is 0 Å². The molecule has 0 aliphatic heterocycles. The van der Waals surface area contributed by atoms with Gasteiger partial charge >= 0.3 is 0 Å². The van der Waals surface area contributed by atoms with E-state index in [0.717, 1.165) is 0 Å². The number of halogens is 2. The lowest BCUT2D eigenvalue weighted by Gasteiger charge is -2.15. The molecule has 0 unspecified atom stereocenters. The van der Waals surface area contributed by atoms with Crippen molar-refractivity contribution in [1.82, 2.24) is 0 Å². The SMILES string of the molecule is Cc1ccc(F)c(NC(N)=NC(C)(C)C)c1F. The molecule has 0 radical (unpaired) electrons. The van der Waals surface area contributed by atoms with Crippen LogP contribution in [0, 0.1) is 18.6 Å². The Bertz CT molecular complexity index is 448. The Hall–Kier alpha value is -1.65. The summed E-state index contributed by atoms with van der Waals surface area (Å²) >= 11 is 0. The van der Waals surface area contributed by atoms with Crippen molar-refractivity contribution in [2.75, 3.05) is 5.32 Å². The van der Waals surface area contributed by atoms with Crippen LogP contribution in [0.15, 0.2) is 17.1 Å². The molecule has 0 atom stereocenters. The minimum atomic E-state index is -0.694. The quantitative estimate of drug-likeness (QED) is 0.586. The molecule has 0 bridgehead atoms. The van der Waals surface area contributed by atoms with Crippen molar-refractivity contribution in [3.63, 3.8) is 0 Å². The van der Waals surface area contributed by atoms with Crippen molar-refractivity contribution < 1.29 is 8.78 Å². The lowest BCUT2D eigenvalue weighted by Crippen LogP contribution is -2.28. The summed E-state index contributed by atoms with van der Waals surface area (Å²) in [5.74, 6) is -1.36. The van der Waals surface area contributed by atoms with E-state index in [1.807, 2.05) is 20.8 Å². The Balaban J connectivity index is 3.04. The first-order valence-corrected chi connectivity index (χ1v) is 5.27. The highest BCUT2D eigenvalue weighted by molar-refractivity contribution is 5.92. The van der Waals surface area contributed by atoms with Gasteiger partial charge in [0, 0.05) is 0 Å². The molecule has 3 nitrogen and oxygen atoms in total. The van der Waals surface area contributed by atoms with Crippen LogP contribution < -0.4 is 11.1 Å². The molecule has 0 aliphatic rings. The largest absolute Gasteiger partial charge is 0.370 e. The summed E-state index contributed by atoms with van der Waals surface area (Å²) in [5, 5.41) is 2.45. The third kappa shape index (κ3) is 3.69. The molecule has 1 aromatic carbocycles. The fourth-order valence-electron chi connectivity index (χ4n) is 1.29. The Kier molecular flexibility index (Phi) is 3.70.